The van der Waals surface area contributed by atoms with Crippen molar-refractivity contribution in [2.75, 3.05) is 0 Å². The summed E-state index contributed by atoms with van der Waals surface area (Å²) in [4.78, 5) is 10.7. The van der Waals surface area contributed by atoms with Gasteiger partial charge in [0.05, 0.1) is 0 Å². The first-order chi connectivity index (χ1) is 10.5. The SMILES string of the molecule is CCCCCCCCCCCCCCCCC(C)(O)C(=O)O. The lowest BCUT2D eigenvalue weighted by atomic mass is 9.97. The highest BCUT2D eigenvalue weighted by atomic mass is 16.4. The van der Waals surface area contributed by atoms with Gasteiger partial charge in [-0.1, -0.05) is 90.4 Å². The number of rotatable bonds is 16. The maximum absolute atomic E-state index is 10.7. The molecule has 0 bridgehead atoms. The molecule has 0 aromatic rings. The molecule has 0 spiro atoms. The van der Waals surface area contributed by atoms with Crippen molar-refractivity contribution < 1.29 is 15.0 Å². The van der Waals surface area contributed by atoms with E-state index in [4.69, 9.17) is 5.11 Å². The second-order valence-corrected chi connectivity index (χ2v) is 6.93. The Bertz CT molecular complexity index is 261. The van der Waals surface area contributed by atoms with Crippen molar-refractivity contribution >= 4 is 5.97 Å². The lowest BCUT2D eigenvalue weighted by Crippen LogP contribution is -2.34. The van der Waals surface area contributed by atoms with Gasteiger partial charge in [-0.2, -0.15) is 0 Å². The molecule has 0 aliphatic heterocycles. The summed E-state index contributed by atoms with van der Waals surface area (Å²) in [5, 5.41) is 18.4. The average molecular weight is 315 g/mol. The fourth-order valence-electron chi connectivity index (χ4n) is 2.77. The summed E-state index contributed by atoms with van der Waals surface area (Å²) in [6.07, 6.45) is 18.3. The van der Waals surface area contributed by atoms with Gasteiger partial charge in [0.25, 0.3) is 0 Å². The molecule has 0 rings (SSSR count). The van der Waals surface area contributed by atoms with Crippen LogP contribution in [0.1, 0.15) is 110 Å². The maximum Gasteiger partial charge on any atom is 0.335 e. The van der Waals surface area contributed by atoms with E-state index in [1.807, 2.05) is 0 Å². The van der Waals surface area contributed by atoms with Gasteiger partial charge >= 0.3 is 5.97 Å². The van der Waals surface area contributed by atoms with Crippen LogP contribution in [0.25, 0.3) is 0 Å². The van der Waals surface area contributed by atoms with Crippen LogP contribution in [0.3, 0.4) is 0 Å². The lowest BCUT2D eigenvalue weighted by Gasteiger charge is -2.17. The molecule has 0 aliphatic carbocycles. The molecule has 0 radical (unpaired) electrons. The summed E-state index contributed by atoms with van der Waals surface area (Å²) in [7, 11) is 0. The molecule has 3 nitrogen and oxygen atoms in total. The standard InChI is InChI=1S/C19H38O3/c1-3-4-5-6-7-8-9-10-11-12-13-14-15-16-17-19(2,22)18(20)21/h22H,3-17H2,1-2H3,(H,20,21). The summed E-state index contributed by atoms with van der Waals surface area (Å²) in [6, 6.07) is 0. The Morgan fingerprint density at radius 3 is 1.36 bits per heavy atom. The number of hydrogen-bond acceptors (Lipinski definition) is 2. The smallest absolute Gasteiger partial charge is 0.335 e. The number of unbranched alkanes of at least 4 members (excludes halogenated alkanes) is 13. The molecule has 0 saturated heterocycles. The predicted octanol–water partition coefficient (Wildman–Crippen LogP) is 5.69. The molecule has 1 unspecified atom stereocenters. The molecule has 0 aliphatic rings. The minimum Gasteiger partial charge on any atom is -0.479 e. The molecule has 0 aromatic heterocycles. The Morgan fingerprint density at radius 1 is 0.727 bits per heavy atom. The monoisotopic (exact) mass is 314 g/mol. The fraction of sp³-hybridized carbons (Fsp3) is 0.947. The molecule has 22 heavy (non-hydrogen) atoms. The third kappa shape index (κ3) is 13.1. The molecule has 132 valence electrons. The minimum atomic E-state index is -1.54. The van der Waals surface area contributed by atoms with Crippen molar-refractivity contribution in [3.05, 3.63) is 0 Å². The second kappa shape index (κ2) is 14.0. The van der Waals surface area contributed by atoms with E-state index in [2.05, 4.69) is 6.92 Å². The van der Waals surface area contributed by atoms with Gasteiger partial charge in [-0.3, -0.25) is 0 Å². The van der Waals surface area contributed by atoms with Crippen LogP contribution >= 0.6 is 0 Å². The highest BCUT2D eigenvalue weighted by Crippen LogP contribution is 2.17. The normalized spacial score (nSPS) is 14.0. The summed E-state index contributed by atoms with van der Waals surface area (Å²) in [6.45, 7) is 3.65. The maximum atomic E-state index is 10.7. The Kier molecular flexibility index (Phi) is 13.7. The molecule has 2 N–H and O–H groups in total. The van der Waals surface area contributed by atoms with Crippen LogP contribution in [-0.2, 0) is 4.79 Å². The highest BCUT2D eigenvalue weighted by Gasteiger charge is 2.28. The van der Waals surface area contributed by atoms with E-state index in [0.717, 1.165) is 19.3 Å². The van der Waals surface area contributed by atoms with Gasteiger partial charge in [-0.05, 0) is 19.8 Å². The largest absolute Gasteiger partial charge is 0.479 e. The van der Waals surface area contributed by atoms with Gasteiger partial charge < -0.3 is 10.2 Å². The van der Waals surface area contributed by atoms with Crippen LogP contribution in [0.4, 0.5) is 0 Å². The van der Waals surface area contributed by atoms with Crippen LogP contribution in [0.15, 0.2) is 0 Å². The van der Waals surface area contributed by atoms with Gasteiger partial charge in [-0.15, -0.1) is 0 Å². The molecule has 0 fully saturated rings. The van der Waals surface area contributed by atoms with E-state index in [1.54, 1.807) is 0 Å². The number of carbonyl (C=O) groups is 1. The summed E-state index contributed by atoms with van der Waals surface area (Å²) in [5.41, 5.74) is -1.54. The summed E-state index contributed by atoms with van der Waals surface area (Å²) in [5.74, 6) is -1.11. The van der Waals surface area contributed by atoms with Crippen LogP contribution in [0.5, 0.6) is 0 Å². The van der Waals surface area contributed by atoms with E-state index < -0.39 is 11.6 Å². The third-order valence-corrected chi connectivity index (χ3v) is 4.48. The molecule has 0 heterocycles. The van der Waals surface area contributed by atoms with E-state index in [9.17, 15) is 9.90 Å². The fourth-order valence-corrected chi connectivity index (χ4v) is 2.77. The molecule has 0 amide bonds. The number of hydrogen-bond donors (Lipinski definition) is 2. The van der Waals surface area contributed by atoms with Crippen molar-refractivity contribution in [1.82, 2.24) is 0 Å². The zero-order valence-corrected chi connectivity index (χ0v) is 14.9. The minimum absolute atomic E-state index is 0.361. The first-order valence-corrected chi connectivity index (χ1v) is 9.46. The van der Waals surface area contributed by atoms with Crippen molar-refractivity contribution in [3.63, 3.8) is 0 Å². The Labute approximate surface area is 137 Å². The molecule has 0 saturated carbocycles. The second-order valence-electron chi connectivity index (χ2n) is 6.93. The summed E-state index contributed by atoms with van der Waals surface area (Å²) < 4.78 is 0. The number of carboxylic acids is 1. The molecular formula is C19H38O3. The molecular weight excluding hydrogens is 276 g/mol. The van der Waals surface area contributed by atoms with Crippen LogP contribution in [0, 0.1) is 0 Å². The Morgan fingerprint density at radius 2 is 1.05 bits per heavy atom. The van der Waals surface area contributed by atoms with E-state index in [1.165, 1.54) is 77.6 Å². The van der Waals surface area contributed by atoms with Crippen LogP contribution in [0.2, 0.25) is 0 Å². The predicted molar refractivity (Wildman–Crippen MR) is 93.2 cm³/mol. The van der Waals surface area contributed by atoms with Crippen molar-refractivity contribution in [1.29, 1.82) is 0 Å². The van der Waals surface area contributed by atoms with Gasteiger partial charge in [0.15, 0.2) is 5.60 Å². The van der Waals surface area contributed by atoms with Crippen LogP contribution in [-0.4, -0.2) is 21.8 Å². The quantitative estimate of drug-likeness (QED) is 0.360. The van der Waals surface area contributed by atoms with E-state index in [0.29, 0.717) is 6.42 Å². The highest BCUT2D eigenvalue weighted by molar-refractivity contribution is 5.76. The third-order valence-electron chi connectivity index (χ3n) is 4.48. The van der Waals surface area contributed by atoms with Gasteiger partial charge in [0.1, 0.15) is 0 Å². The lowest BCUT2D eigenvalue weighted by molar-refractivity contribution is -0.157. The van der Waals surface area contributed by atoms with Crippen molar-refractivity contribution in [3.8, 4) is 0 Å². The molecule has 3 heteroatoms. The number of aliphatic carboxylic acids is 1. The molecule has 0 aromatic carbocycles. The van der Waals surface area contributed by atoms with E-state index in [-0.39, 0.29) is 0 Å². The summed E-state index contributed by atoms with van der Waals surface area (Å²) >= 11 is 0. The topological polar surface area (TPSA) is 57.5 Å². The average Bonchev–Trinajstić information content (AvgIpc) is 2.47. The van der Waals surface area contributed by atoms with Gasteiger partial charge in [-0.25, -0.2) is 4.79 Å². The zero-order chi connectivity index (χ0) is 16.7. The first-order valence-electron chi connectivity index (χ1n) is 9.46. The van der Waals surface area contributed by atoms with E-state index >= 15 is 0 Å². The van der Waals surface area contributed by atoms with Crippen molar-refractivity contribution in [2.24, 2.45) is 0 Å². The Hall–Kier alpha value is -0.570. The van der Waals surface area contributed by atoms with Crippen molar-refractivity contribution in [2.45, 2.75) is 116 Å². The number of aliphatic hydroxyl groups is 1. The first kappa shape index (κ1) is 21.4. The molecule has 1 atom stereocenters. The van der Waals surface area contributed by atoms with Gasteiger partial charge in [0.2, 0.25) is 0 Å². The Balaban J connectivity index is 3.16. The van der Waals surface area contributed by atoms with Gasteiger partial charge in [0, 0.05) is 0 Å². The zero-order valence-electron chi connectivity index (χ0n) is 14.9. The number of carboxylic acid groups (broad SMARTS) is 1. The van der Waals surface area contributed by atoms with Crippen LogP contribution < -0.4 is 0 Å².